The van der Waals surface area contributed by atoms with Crippen molar-refractivity contribution in [1.82, 2.24) is 19.9 Å². The van der Waals surface area contributed by atoms with Crippen molar-refractivity contribution >= 4 is 46.6 Å². The summed E-state index contributed by atoms with van der Waals surface area (Å²) in [7, 11) is 0. The van der Waals surface area contributed by atoms with Gasteiger partial charge >= 0.3 is 0 Å². The molecular formula is C38H35N7O4. The molecule has 0 atom stereocenters. The highest BCUT2D eigenvalue weighted by atomic mass is 16.5. The Morgan fingerprint density at radius 1 is 0.918 bits per heavy atom. The molecule has 0 radical (unpaired) electrons. The summed E-state index contributed by atoms with van der Waals surface area (Å²) in [4.78, 5) is 55.4. The van der Waals surface area contributed by atoms with Crippen LogP contribution in [0, 0.1) is 20.8 Å². The molecule has 0 saturated carbocycles. The van der Waals surface area contributed by atoms with Crippen LogP contribution >= 0.6 is 0 Å². The maximum absolute atomic E-state index is 13.7. The number of H-pyrrole nitrogens is 1. The number of nitrogens with zero attached hydrogens (tertiary/aromatic N) is 4. The molecule has 0 spiro atoms. The number of carbonyl (C=O) groups is 3. The van der Waals surface area contributed by atoms with E-state index >= 15 is 0 Å². The molecule has 4 heterocycles. The number of piperazine rings is 1. The van der Waals surface area contributed by atoms with Gasteiger partial charge in [0.15, 0.2) is 0 Å². The molecule has 0 bridgehead atoms. The van der Waals surface area contributed by atoms with Gasteiger partial charge in [-0.1, -0.05) is 23.8 Å². The van der Waals surface area contributed by atoms with Gasteiger partial charge in [0.25, 0.3) is 17.7 Å². The fourth-order valence-corrected chi connectivity index (χ4v) is 6.28. The van der Waals surface area contributed by atoms with E-state index in [-0.39, 0.29) is 17.7 Å². The number of hydrogen-bond donors (Lipinski definition) is 3. The topological polar surface area (TPSA) is 133 Å². The monoisotopic (exact) mass is 653 g/mol. The zero-order valence-corrected chi connectivity index (χ0v) is 27.4. The molecular weight excluding hydrogens is 618 g/mol. The quantitative estimate of drug-likeness (QED) is 0.178. The molecule has 2 aliphatic heterocycles. The number of rotatable bonds is 7. The lowest BCUT2D eigenvalue weighted by atomic mass is 10.0. The number of hydrogen-bond acceptors (Lipinski definition) is 7. The lowest BCUT2D eigenvalue weighted by Gasteiger charge is -2.35. The van der Waals surface area contributed by atoms with Crippen LogP contribution in [0.3, 0.4) is 0 Å². The summed E-state index contributed by atoms with van der Waals surface area (Å²) in [6.07, 6.45) is 6.85. The molecule has 3 N–H and O–H groups in total. The summed E-state index contributed by atoms with van der Waals surface area (Å²) in [6.45, 7) is 8.21. The van der Waals surface area contributed by atoms with Crippen LogP contribution in [0.1, 0.15) is 48.8 Å². The van der Waals surface area contributed by atoms with E-state index in [1.54, 1.807) is 67.1 Å². The van der Waals surface area contributed by atoms with Crippen LogP contribution in [0.25, 0.3) is 11.6 Å². The first-order valence-electron chi connectivity index (χ1n) is 16.1. The Kier molecular flexibility index (Phi) is 8.39. The Morgan fingerprint density at radius 3 is 2.49 bits per heavy atom. The lowest BCUT2D eigenvalue weighted by Crippen LogP contribution is -2.49. The fraction of sp³-hybridized carbons (Fsp3) is 0.184. The maximum Gasteiger partial charge on any atom is 0.256 e. The molecule has 49 heavy (non-hydrogen) atoms. The number of nitrogens with one attached hydrogen (secondary N) is 3. The summed E-state index contributed by atoms with van der Waals surface area (Å²) in [5, 5.41) is 5.85. The summed E-state index contributed by atoms with van der Waals surface area (Å²) in [5.74, 6) is 1.38. The van der Waals surface area contributed by atoms with Crippen molar-refractivity contribution in [2.45, 2.75) is 20.8 Å². The highest BCUT2D eigenvalue weighted by Gasteiger charge is 2.29. The minimum Gasteiger partial charge on any atom is -0.457 e. The first-order valence-corrected chi connectivity index (χ1v) is 16.1. The number of fused-ring (bicyclic) bond motifs is 1. The first kappa shape index (κ1) is 31.4. The molecule has 11 nitrogen and oxygen atoms in total. The number of aryl methyl sites for hydroxylation is 2. The Morgan fingerprint density at radius 2 is 1.71 bits per heavy atom. The highest BCUT2D eigenvalue weighted by molar-refractivity contribution is 6.35. The van der Waals surface area contributed by atoms with Gasteiger partial charge in [-0.05, 0) is 68.8 Å². The molecule has 2 aliphatic rings. The molecule has 1 fully saturated rings. The molecule has 1 saturated heterocycles. The number of anilines is 3. The van der Waals surface area contributed by atoms with E-state index in [2.05, 4.69) is 30.5 Å². The number of amides is 3. The van der Waals surface area contributed by atoms with Crippen LogP contribution in [-0.2, 0) is 4.79 Å². The molecule has 0 aliphatic carbocycles. The second-order valence-corrected chi connectivity index (χ2v) is 12.2. The summed E-state index contributed by atoms with van der Waals surface area (Å²) in [6, 6.07) is 20.0. The highest BCUT2D eigenvalue weighted by Crippen LogP contribution is 2.38. The number of benzene rings is 3. The predicted molar refractivity (Wildman–Crippen MR) is 189 cm³/mol. The van der Waals surface area contributed by atoms with Crippen LogP contribution in [0.2, 0.25) is 0 Å². The van der Waals surface area contributed by atoms with Crippen molar-refractivity contribution in [3.05, 3.63) is 125 Å². The third-order valence-electron chi connectivity index (χ3n) is 8.80. The van der Waals surface area contributed by atoms with Crippen LogP contribution in [0.15, 0.2) is 85.3 Å². The number of ether oxygens (including phenoxy) is 1. The number of aromatic amines is 1. The second kappa shape index (κ2) is 13.1. The van der Waals surface area contributed by atoms with E-state index in [1.807, 2.05) is 49.9 Å². The van der Waals surface area contributed by atoms with Gasteiger partial charge in [-0.25, -0.2) is 4.98 Å². The van der Waals surface area contributed by atoms with Gasteiger partial charge in [0.2, 0.25) is 0 Å². The van der Waals surface area contributed by atoms with Gasteiger partial charge in [-0.15, -0.1) is 0 Å². The molecule has 0 unspecified atom stereocenters. The summed E-state index contributed by atoms with van der Waals surface area (Å²) in [5.41, 5.74) is 6.91. The number of aromatic nitrogens is 3. The van der Waals surface area contributed by atoms with Crippen molar-refractivity contribution in [3.8, 4) is 11.5 Å². The van der Waals surface area contributed by atoms with Gasteiger partial charge in [0.05, 0.1) is 23.0 Å². The van der Waals surface area contributed by atoms with E-state index in [1.165, 1.54) is 0 Å². The van der Waals surface area contributed by atoms with Crippen LogP contribution in [0.4, 0.5) is 17.2 Å². The SMILES string of the molecule is Cc1cccc(C(=O)Nc2cccc(Oc3ccc4c(c3)NC(=O)/C4=C\c3[nH]c(C)c(C(=O)N4CCN(c5cnccn5)CC4)c3C)c2)c1. The fourth-order valence-electron chi connectivity index (χ4n) is 6.28. The van der Waals surface area contributed by atoms with Crippen LogP contribution < -0.4 is 20.3 Å². The van der Waals surface area contributed by atoms with Gasteiger partial charge in [-0.2, -0.15) is 0 Å². The van der Waals surface area contributed by atoms with Crippen molar-refractivity contribution in [1.29, 1.82) is 0 Å². The first-order chi connectivity index (χ1) is 23.7. The molecule has 3 aromatic carbocycles. The second-order valence-electron chi connectivity index (χ2n) is 12.2. The Balaban J connectivity index is 1.05. The summed E-state index contributed by atoms with van der Waals surface area (Å²) < 4.78 is 6.11. The van der Waals surface area contributed by atoms with Crippen molar-refractivity contribution in [2.75, 3.05) is 41.7 Å². The minimum absolute atomic E-state index is 0.0356. The van der Waals surface area contributed by atoms with Crippen molar-refractivity contribution in [3.63, 3.8) is 0 Å². The average molecular weight is 654 g/mol. The van der Waals surface area contributed by atoms with E-state index in [4.69, 9.17) is 4.74 Å². The molecule has 246 valence electrons. The third kappa shape index (κ3) is 6.51. The standard InChI is InChI=1S/C38H35N7O4/c1-23-6-4-7-26(18-23)36(46)42-27-8-5-9-28(19-27)49-29-10-11-30-31(37(47)43-33(30)20-29)21-32-24(2)35(25(3)41-32)38(48)45-16-14-44(15-17-45)34-22-39-12-13-40-34/h4-13,18-22,41H,14-17H2,1-3H3,(H,42,46)(H,43,47)/b31-21-. The van der Waals surface area contributed by atoms with Gasteiger partial charge < -0.3 is 30.2 Å². The van der Waals surface area contributed by atoms with Gasteiger partial charge in [0, 0.05) is 78.9 Å². The smallest absolute Gasteiger partial charge is 0.256 e. The summed E-state index contributed by atoms with van der Waals surface area (Å²) >= 11 is 0. The molecule has 11 heteroatoms. The minimum atomic E-state index is -0.243. The van der Waals surface area contributed by atoms with Crippen LogP contribution in [-0.4, -0.2) is 63.8 Å². The molecule has 2 aromatic heterocycles. The van der Waals surface area contributed by atoms with E-state index in [0.29, 0.717) is 71.4 Å². The average Bonchev–Trinajstić information content (AvgIpc) is 3.57. The van der Waals surface area contributed by atoms with Gasteiger partial charge in [0.1, 0.15) is 17.3 Å². The molecule has 7 rings (SSSR count). The lowest BCUT2D eigenvalue weighted by molar-refractivity contribution is -0.110. The normalized spacial score (nSPS) is 14.8. The Hall–Kier alpha value is -6.23. The van der Waals surface area contributed by atoms with E-state index in [9.17, 15) is 14.4 Å². The van der Waals surface area contributed by atoms with Gasteiger partial charge in [-0.3, -0.25) is 19.4 Å². The number of carbonyl (C=O) groups excluding carboxylic acids is 3. The third-order valence-corrected chi connectivity index (χ3v) is 8.80. The molecule has 3 amide bonds. The van der Waals surface area contributed by atoms with Crippen molar-refractivity contribution < 1.29 is 19.1 Å². The van der Waals surface area contributed by atoms with Crippen molar-refractivity contribution in [2.24, 2.45) is 0 Å². The Labute approximate surface area is 283 Å². The maximum atomic E-state index is 13.7. The largest absolute Gasteiger partial charge is 0.457 e. The van der Waals surface area contributed by atoms with E-state index in [0.717, 1.165) is 28.2 Å². The zero-order chi connectivity index (χ0) is 34.1. The molecule has 5 aromatic rings. The Bertz CT molecular complexity index is 2110. The van der Waals surface area contributed by atoms with Crippen LogP contribution in [0.5, 0.6) is 11.5 Å². The predicted octanol–water partition coefficient (Wildman–Crippen LogP) is 6.23. The van der Waals surface area contributed by atoms with E-state index < -0.39 is 0 Å². The zero-order valence-electron chi connectivity index (χ0n) is 27.4.